The van der Waals surface area contributed by atoms with E-state index in [1.807, 2.05) is 0 Å². The fraction of sp³-hybridized carbons (Fsp3) is 0.750. The molecule has 1 N–H and O–H groups in total. The summed E-state index contributed by atoms with van der Waals surface area (Å²) in [6.07, 6.45) is 5.05. The second-order valence-electron chi connectivity index (χ2n) is 5.05. The molecule has 2 aliphatic carbocycles. The number of hydrogen-bond acceptors (Lipinski definition) is 4. The number of nitrogens with zero attached hydrogens (tertiary/aromatic N) is 3. The van der Waals surface area contributed by atoms with Gasteiger partial charge >= 0.3 is 0 Å². The van der Waals surface area contributed by atoms with Gasteiger partial charge in [-0.2, -0.15) is 0 Å². The molecule has 0 aromatic carbocycles. The van der Waals surface area contributed by atoms with Crippen LogP contribution in [-0.4, -0.2) is 33.0 Å². The summed E-state index contributed by atoms with van der Waals surface area (Å²) >= 11 is 1.70. The average Bonchev–Trinajstić information content (AvgIpc) is 3.23. The third-order valence-electron chi connectivity index (χ3n) is 3.25. The molecule has 6 heteroatoms. The Kier molecular flexibility index (Phi) is 3.28. The van der Waals surface area contributed by atoms with Gasteiger partial charge in [-0.3, -0.25) is 4.79 Å². The average molecular weight is 266 g/mol. The van der Waals surface area contributed by atoms with Crippen LogP contribution in [0.4, 0.5) is 0 Å². The van der Waals surface area contributed by atoms with E-state index in [0.717, 1.165) is 10.9 Å². The zero-order valence-corrected chi connectivity index (χ0v) is 11.4. The third-order valence-corrected chi connectivity index (χ3v) is 4.20. The monoisotopic (exact) mass is 266 g/mol. The number of rotatable bonds is 6. The fourth-order valence-corrected chi connectivity index (χ4v) is 2.92. The predicted octanol–water partition coefficient (Wildman–Crippen LogP) is 1.72. The van der Waals surface area contributed by atoms with Crippen molar-refractivity contribution in [1.29, 1.82) is 0 Å². The van der Waals surface area contributed by atoms with Gasteiger partial charge in [-0.05, 0) is 25.7 Å². The zero-order chi connectivity index (χ0) is 12.5. The lowest BCUT2D eigenvalue weighted by molar-refractivity contribution is -0.118. The third kappa shape index (κ3) is 2.68. The maximum atomic E-state index is 10.8. The van der Waals surface area contributed by atoms with E-state index in [4.69, 9.17) is 0 Å². The van der Waals surface area contributed by atoms with Gasteiger partial charge in [0.05, 0.1) is 0 Å². The maximum absolute atomic E-state index is 10.8. The molecule has 0 spiro atoms. The Hall–Kier alpha value is -1.04. The van der Waals surface area contributed by atoms with Crippen molar-refractivity contribution in [1.82, 2.24) is 20.1 Å². The van der Waals surface area contributed by atoms with E-state index in [-0.39, 0.29) is 5.91 Å². The molecular formula is C12H18N4OS. The molecule has 0 radical (unpaired) electrons. The van der Waals surface area contributed by atoms with Crippen LogP contribution in [0.25, 0.3) is 0 Å². The van der Waals surface area contributed by atoms with Gasteiger partial charge in [0.2, 0.25) is 5.91 Å². The molecule has 0 bridgehead atoms. The van der Waals surface area contributed by atoms with E-state index in [0.29, 0.717) is 18.5 Å². The van der Waals surface area contributed by atoms with Crippen molar-refractivity contribution in [3.8, 4) is 0 Å². The normalized spacial score (nSPS) is 18.9. The van der Waals surface area contributed by atoms with E-state index in [9.17, 15) is 4.79 Å². The first-order chi connectivity index (χ1) is 8.75. The molecule has 2 fully saturated rings. The van der Waals surface area contributed by atoms with Crippen molar-refractivity contribution in [2.24, 2.45) is 0 Å². The minimum absolute atomic E-state index is 0.0259. The Morgan fingerprint density at radius 2 is 2.17 bits per heavy atom. The summed E-state index contributed by atoms with van der Waals surface area (Å²) in [5, 5.41) is 12.5. The van der Waals surface area contributed by atoms with Crippen LogP contribution in [0.5, 0.6) is 0 Å². The number of carbonyl (C=O) groups excluding carboxylic acids is 1. The van der Waals surface area contributed by atoms with Gasteiger partial charge < -0.3 is 9.88 Å². The Bertz CT molecular complexity index is 451. The molecular weight excluding hydrogens is 248 g/mol. The van der Waals surface area contributed by atoms with Crippen molar-refractivity contribution >= 4 is 17.7 Å². The number of carbonyl (C=O) groups is 1. The molecule has 0 atom stereocenters. The lowest BCUT2D eigenvalue weighted by atomic mass is 10.4. The Morgan fingerprint density at radius 3 is 2.78 bits per heavy atom. The number of amides is 1. The van der Waals surface area contributed by atoms with Gasteiger partial charge in [-0.1, -0.05) is 11.8 Å². The first-order valence-corrected chi connectivity index (χ1v) is 7.56. The summed E-state index contributed by atoms with van der Waals surface area (Å²) in [5.41, 5.74) is 0. The first kappa shape index (κ1) is 12.0. The Morgan fingerprint density at radius 1 is 1.39 bits per heavy atom. The molecule has 0 unspecified atom stereocenters. The number of aromatic nitrogens is 3. The van der Waals surface area contributed by atoms with Gasteiger partial charge in [0.25, 0.3) is 0 Å². The zero-order valence-electron chi connectivity index (χ0n) is 10.6. The van der Waals surface area contributed by atoms with Crippen molar-refractivity contribution < 1.29 is 4.79 Å². The summed E-state index contributed by atoms with van der Waals surface area (Å²) < 4.78 is 2.34. The molecule has 0 aliphatic heterocycles. The SMILES string of the molecule is CC(=O)NCCSc1nnc(C2CC2)n1C1CC1. The van der Waals surface area contributed by atoms with E-state index < -0.39 is 0 Å². The molecule has 1 heterocycles. The molecule has 3 rings (SSSR count). The van der Waals surface area contributed by atoms with Gasteiger partial charge in [-0.25, -0.2) is 0 Å². The highest BCUT2D eigenvalue weighted by Gasteiger charge is 2.36. The quantitative estimate of drug-likeness (QED) is 0.629. The molecule has 1 amide bonds. The summed E-state index contributed by atoms with van der Waals surface area (Å²) in [5.74, 6) is 2.73. The van der Waals surface area contributed by atoms with Crippen LogP contribution < -0.4 is 5.32 Å². The summed E-state index contributed by atoms with van der Waals surface area (Å²) in [6.45, 7) is 2.23. The van der Waals surface area contributed by atoms with Crippen molar-refractivity contribution in [2.75, 3.05) is 12.3 Å². The summed E-state index contributed by atoms with van der Waals surface area (Å²) in [6, 6.07) is 0.638. The highest BCUT2D eigenvalue weighted by molar-refractivity contribution is 7.99. The van der Waals surface area contributed by atoms with Crippen molar-refractivity contribution in [3.63, 3.8) is 0 Å². The Balaban J connectivity index is 1.62. The van der Waals surface area contributed by atoms with Crippen LogP contribution in [-0.2, 0) is 4.79 Å². The van der Waals surface area contributed by atoms with Crippen molar-refractivity contribution in [2.45, 2.75) is 49.7 Å². The highest BCUT2D eigenvalue weighted by atomic mass is 32.2. The van der Waals surface area contributed by atoms with E-state index in [1.165, 1.54) is 31.5 Å². The standard InChI is InChI=1S/C12H18N4OS/c1-8(17)13-6-7-18-12-15-14-11(9-2-3-9)16(12)10-4-5-10/h9-10H,2-7H2,1H3,(H,13,17). The van der Waals surface area contributed by atoms with Gasteiger partial charge in [-0.15, -0.1) is 10.2 Å². The second kappa shape index (κ2) is 4.91. The van der Waals surface area contributed by atoms with Gasteiger partial charge in [0.15, 0.2) is 5.16 Å². The van der Waals surface area contributed by atoms with Crippen LogP contribution in [0.1, 0.15) is 50.4 Å². The summed E-state index contributed by atoms with van der Waals surface area (Å²) in [4.78, 5) is 10.8. The fourth-order valence-electron chi connectivity index (χ4n) is 2.05. The molecule has 18 heavy (non-hydrogen) atoms. The minimum Gasteiger partial charge on any atom is -0.356 e. The predicted molar refractivity (Wildman–Crippen MR) is 69.7 cm³/mol. The molecule has 98 valence electrons. The van der Waals surface area contributed by atoms with Crippen molar-refractivity contribution in [3.05, 3.63) is 5.82 Å². The van der Waals surface area contributed by atoms with E-state index >= 15 is 0 Å². The molecule has 2 saturated carbocycles. The number of thioether (sulfide) groups is 1. The van der Waals surface area contributed by atoms with Crippen LogP contribution in [0, 0.1) is 0 Å². The highest BCUT2D eigenvalue weighted by Crippen LogP contribution is 2.45. The molecule has 5 nitrogen and oxygen atoms in total. The van der Waals surface area contributed by atoms with Crippen LogP contribution in [0.15, 0.2) is 5.16 Å². The maximum Gasteiger partial charge on any atom is 0.216 e. The minimum atomic E-state index is 0.0259. The molecule has 2 aliphatic rings. The Labute approximate surface area is 111 Å². The van der Waals surface area contributed by atoms with Crippen LogP contribution >= 0.6 is 11.8 Å². The van der Waals surface area contributed by atoms with E-state index in [1.54, 1.807) is 18.7 Å². The topological polar surface area (TPSA) is 59.8 Å². The smallest absolute Gasteiger partial charge is 0.216 e. The second-order valence-corrected chi connectivity index (χ2v) is 6.11. The first-order valence-electron chi connectivity index (χ1n) is 6.57. The number of hydrogen-bond donors (Lipinski definition) is 1. The lowest BCUT2D eigenvalue weighted by Crippen LogP contribution is -2.22. The van der Waals surface area contributed by atoms with Gasteiger partial charge in [0, 0.05) is 31.2 Å². The largest absolute Gasteiger partial charge is 0.356 e. The van der Waals surface area contributed by atoms with Crippen LogP contribution in [0.3, 0.4) is 0 Å². The van der Waals surface area contributed by atoms with Gasteiger partial charge in [0.1, 0.15) is 5.82 Å². The summed E-state index contributed by atoms with van der Waals surface area (Å²) in [7, 11) is 0. The molecule has 1 aromatic rings. The lowest BCUT2D eigenvalue weighted by Gasteiger charge is -2.08. The molecule has 0 saturated heterocycles. The number of nitrogens with one attached hydrogen (secondary N) is 1. The van der Waals surface area contributed by atoms with E-state index in [2.05, 4.69) is 20.1 Å². The molecule has 1 aromatic heterocycles. The van der Waals surface area contributed by atoms with Crippen LogP contribution in [0.2, 0.25) is 0 Å².